The Balaban J connectivity index is 1.40. The van der Waals surface area contributed by atoms with Crippen molar-refractivity contribution in [1.29, 1.82) is 0 Å². The van der Waals surface area contributed by atoms with E-state index < -0.39 is 17.3 Å². The molecule has 2 atom stereocenters. The van der Waals surface area contributed by atoms with Gasteiger partial charge in [0.15, 0.2) is 0 Å². The Morgan fingerprint density at radius 2 is 1.88 bits per heavy atom. The predicted octanol–water partition coefficient (Wildman–Crippen LogP) is 4.52. The molecule has 32 heavy (non-hydrogen) atoms. The molecular formula is C23H23F3N4OS. The van der Waals surface area contributed by atoms with Crippen molar-refractivity contribution in [3.05, 3.63) is 66.0 Å². The van der Waals surface area contributed by atoms with Crippen molar-refractivity contribution < 1.29 is 18.0 Å². The SMILES string of the molecule is CC(Sc1nc(C(F)(F)F)nc2ccccc12)C(=O)NC1CCN(Cc2ccccc2)C1. The van der Waals surface area contributed by atoms with Crippen LogP contribution in [0, 0.1) is 0 Å². The Bertz CT molecular complexity index is 1090. The number of fused-ring (bicyclic) bond motifs is 1. The smallest absolute Gasteiger partial charge is 0.351 e. The lowest BCUT2D eigenvalue weighted by atomic mass is 10.2. The maximum absolute atomic E-state index is 13.2. The molecule has 0 bridgehead atoms. The Morgan fingerprint density at radius 3 is 2.62 bits per heavy atom. The van der Waals surface area contributed by atoms with Crippen LogP contribution in [0.4, 0.5) is 13.2 Å². The van der Waals surface area contributed by atoms with Gasteiger partial charge in [-0.05, 0) is 25.0 Å². The minimum absolute atomic E-state index is 0.0159. The molecule has 1 aromatic heterocycles. The Hall–Kier alpha value is -2.65. The Labute approximate surface area is 188 Å². The first-order valence-electron chi connectivity index (χ1n) is 10.4. The van der Waals surface area contributed by atoms with Gasteiger partial charge in [0.05, 0.1) is 10.8 Å². The third-order valence-corrected chi connectivity index (χ3v) is 6.45. The lowest BCUT2D eigenvalue weighted by Crippen LogP contribution is -2.40. The maximum atomic E-state index is 13.2. The zero-order valence-electron chi connectivity index (χ0n) is 17.5. The van der Waals surface area contributed by atoms with Crippen LogP contribution in [0.25, 0.3) is 10.9 Å². The first kappa shape index (κ1) is 22.5. The first-order valence-corrected chi connectivity index (χ1v) is 11.2. The molecule has 1 fully saturated rings. The fourth-order valence-electron chi connectivity index (χ4n) is 3.74. The molecule has 168 valence electrons. The van der Waals surface area contributed by atoms with Gasteiger partial charge in [0.1, 0.15) is 5.03 Å². The van der Waals surface area contributed by atoms with Gasteiger partial charge in [-0.2, -0.15) is 13.2 Å². The molecule has 3 aromatic rings. The molecule has 1 N–H and O–H groups in total. The minimum atomic E-state index is -4.66. The average molecular weight is 461 g/mol. The standard InChI is InChI=1S/C23H23F3N4OS/c1-15(20(31)27-17-11-12-30(14-17)13-16-7-3-2-4-8-16)32-21-18-9-5-6-10-19(18)28-22(29-21)23(24,25)26/h2-10,15,17H,11-14H2,1H3,(H,27,31). The number of para-hydroxylation sites is 1. The van der Waals surface area contributed by atoms with E-state index in [2.05, 4.69) is 32.3 Å². The van der Waals surface area contributed by atoms with E-state index in [9.17, 15) is 18.0 Å². The molecule has 9 heteroatoms. The third-order valence-electron chi connectivity index (χ3n) is 5.35. The van der Waals surface area contributed by atoms with Crippen molar-refractivity contribution >= 4 is 28.6 Å². The van der Waals surface area contributed by atoms with Crippen molar-refractivity contribution in [2.24, 2.45) is 0 Å². The number of nitrogens with one attached hydrogen (secondary N) is 1. The molecule has 1 saturated heterocycles. The van der Waals surface area contributed by atoms with Gasteiger partial charge in [-0.3, -0.25) is 9.69 Å². The Kier molecular flexibility index (Phi) is 6.66. The monoisotopic (exact) mass is 460 g/mol. The molecular weight excluding hydrogens is 437 g/mol. The van der Waals surface area contributed by atoms with E-state index in [0.717, 1.165) is 37.8 Å². The van der Waals surface area contributed by atoms with Crippen LogP contribution in [-0.2, 0) is 17.5 Å². The zero-order chi connectivity index (χ0) is 22.7. The molecule has 0 aliphatic carbocycles. The number of aromatic nitrogens is 2. The number of carbonyl (C=O) groups is 1. The largest absolute Gasteiger partial charge is 0.451 e. The second kappa shape index (κ2) is 9.46. The van der Waals surface area contributed by atoms with E-state index in [0.29, 0.717) is 5.39 Å². The molecule has 0 radical (unpaired) electrons. The summed E-state index contributed by atoms with van der Waals surface area (Å²) in [6.07, 6.45) is -3.82. The molecule has 1 amide bonds. The fourth-order valence-corrected chi connectivity index (χ4v) is 4.69. The molecule has 4 rings (SSSR count). The second-order valence-corrected chi connectivity index (χ2v) is 9.17. The third kappa shape index (κ3) is 5.39. The quantitative estimate of drug-likeness (QED) is 0.433. The number of thioether (sulfide) groups is 1. The molecule has 1 aliphatic rings. The maximum Gasteiger partial charge on any atom is 0.451 e. The van der Waals surface area contributed by atoms with Crippen LogP contribution in [-0.4, -0.2) is 45.2 Å². The summed E-state index contributed by atoms with van der Waals surface area (Å²) in [4.78, 5) is 22.4. The van der Waals surface area contributed by atoms with Gasteiger partial charge in [0.2, 0.25) is 11.7 Å². The molecule has 0 saturated carbocycles. The minimum Gasteiger partial charge on any atom is -0.351 e. The number of alkyl halides is 3. The van der Waals surface area contributed by atoms with Crippen molar-refractivity contribution in [2.45, 2.75) is 42.4 Å². The number of benzene rings is 2. The van der Waals surface area contributed by atoms with Crippen molar-refractivity contribution in [3.8, 4) is 0 Å². The molecule has 1 aliphatic heterocycles. The highest BCUT2D eigenvalue weighted by molar-refractivity contribution is 8.00. The number of likely N-dealkylation sites (tertiary alicyclic amines) is 1. The highest BCUT2D eigenvalue weighted by Crippen LogP contribution is 2.33. The van der Waals surface area contributed by atoms with Gasteiger partial charge in [-0.25, -0.2) is 9.97 Å². The number of rotatable bonds is 6. The van der Waals surface area contributed by atoms with Crippen LogP contribution < -0.4 is 5.32 Å². The van der Waals surface area contributed by atoms with E-state index in [1.54, 1.807) is 25.1 Å². The summed E-state index contributed by atoms with van der Waals surface area (Å²) in [6.45, 7) is 4.13. The normalized spacial score (nSPS) is 18.1. The van der Waals surface area contributed by atoms with Gasteiger partial charge in [-0.1, -0.05) is 60.3 Å². The second-order valence-electron chi connectivity index (χ2n) is 7.84. The van der Waals surface area contributed by atoms with Crippen LogP contribution in [0.2, 0.25) is 0 Å². The zero-order valence-corrected chi connectivity index (χ0v) is 18.3. The van der Waals surface area contributed by atoms with Crippen molar-refractivity contribution in [1.82, 2.24) is 20.2 Å². The summed E-state index contributed by atoms with van der Waals surface area (Å²) in [5.41, 5.74) is 1.43. The van der Waals surface area contributed by atoms with E-state index in [1.165, 1.54) is 11.6 Å². The molecule has 2 unspecified atom stereocenters. The summed E-state index contributed by atoms with van der Waals surface area (Å²) < 4.78 is 39.7. The number of nitrogens with zero attached hydrogens (tertiary/aromatic N) is 3. The Morgan fingerprint density at radius 1 is 1.16 bits per heavy atom. The van der Waals surface area contributed by atoms with Crippen molar-refractivity contribution in [3.63, 3.8) is 0 Å². The van der Waals surface area contributed by atoms with Crippen LogP contribution in [0.15, 0.2) is 59.6 Å². The van der Waals surface area contributed by atoms with E-state index in [-0.39, 0.29) is 22.5 Å². The van der Waals surface area contributed by atoms with E-state index >= 15 is 0 Å². The van der Waals surface area contributed by atoms with Gasteiger partial charge >= 0.3 is 6.18 Å². The van der Waals surface area contributed by atoms with E-state index in [4.69, 9.17) is 0 Å². The number of halogens is 3. The lowest BCUT2D eigenvalue weighted by molar-refractivity contribution is -0.145. The van der Waals surface area contributed by atoms with Crippen LogP contribution in [0.3, 0.4) is 0 Å². The number of carbonyl (C=O) groups excluding carboxylic acids is 1. The predicted molar refractivity (Wildman–Crippen MR) is 118 cm³/mol. The van der Waals surface area contributed by atoms with Crippen LogP contribution in [0.1, 0.15) is 24.7 Å². The summed E-state index contributed by atoms with van der Waals surface area (Å²) in [6, 6.07) is 16.7. The summed E-state index contributed by atoms with van der Waals surface area (Å²) >= 11 is 1.02. The topological polar surface area (TPSA) is 58.1 Å². The fraction of sp³-hybridized carbons (Fsp3) is 0.348. The lowest BCUT2D eigenvalue weighted by Gasteiger charge is -2.19. The average Bonchev–Trinajstić information content (AvgIpc) is 3.20. The molecule has 2 heterocycles. The van der Waals surface area contributed by atoms with Crippen LogP contribution in [0.5, 0.6) is 0 Å². The van der Waals surface area contributed by atoms with E-state index in [1.807, 2.05) is 18.2 Å². The summed E-state index contributed by atoms with van der Waals surface area (Å²) in [5.74, 6) is -1.41. The molecule has 0 spiro atoms. The molecule has 5 nitrogen and oxygen atoms in total. The number of amides is 1. The summed E-state index contributed by atoms with van der Waals surface area (Å²) in [7, 11) is 0. The summed E-state index contributed by atoms with van der Waals surface area (Å²) in [5, 5.41) is 3.10. The van der Waals surface area contributed by atoms with Gasteiger partial charge in [0.25, 0.3) is 0 Å². The number of hydrogen-bond donors (Lipinski definition) is 1. The number of hydrogen-bond acceptors (Lipinski definition) is 5. The van der Waals surface area contributed by atoms with Crippen LogP contribution >= 0.6 is 11.8 Å². The molecule has 2 aromatic carbocycles. The van der Waals surface area contributed by atoms with Gasteiger partial charge in [0, 0.05) is 31.1 Å². The van der Waals surface area contributed by atoms with Gasteiger partial charge < -0.3 is 5.32 Å². The van der Waals surface area contributed by atoms with Crippen molar-refractivity contribution in [2.75, 3.05) is 13.1 Å². The highest BCUT2D eigenvalue weighted by atomic mass is 32.2. The first-order chi connectivity index (χ1) is 15.3. The highest BCUT2D eigenvalue weighted by Gasteiger charge is 2.36. The van der Waals surface area contributed by atoms with Gasteiger partial charge in [-0.15, -0.1) is 0 Å².